The maximum absolute atomic E-state index is 12.0. The van der Waals surface area contributed by atoms with Crippen LogP contribution in [0.15, 0.2) is 47.6 Å². The molecule has 2 rings (SSSR count). The number of carbonyl (C=O) groups excluding carboxylic acids is 2. The van der Waals surface area contributed by atoms with Crippen LogP contribution in [0.25, 0.3) is 0 Å². The van der Waals surface area contributed by atoms with Crippen LogP contribution in [0.2, 0.25) is 10.0 Å². The number of halogens is 2. The normalized spacial score (nSPS) is 11.0. The summed E-state index contributed by atoms with van der Waals surface area (Å²) in [6.07, 6.45) is -0.0630. The number of carbonyl (C=O) groups is 2. The van der Waals surface area contributed by atoms with Gasteiger partial charge in [0.1, 0.15) is 5.02 Å². The number of nitrogens with zero attached hydrogens (tertiary/aromatic N) is 2. The van der Waals surface area contributed by atoms with Crippen LogP contribution >= 0.6 is 23.2 Å². The largest absolute Gasteiger partial charge is 0.324 e. The first-order chi connectivity index (χ1) is 12.8. The number of hydrazone groups is 1. The molecule has 0 unspecified atom stereocenters. The highest BCUT2D eigenvalue weighted by molar-refractivity contribution is 6.34. The van der Waals surface area contributed by atoms with Crippen LogP contribution in [0.5, 0.6) is 0 Å². The molecule has 27 heavy (non-hydrogen) atoms. The third kappa shape index (κ3) is 5.77. The van der Waals surface area contributed by atoms with E-state index in [1.807, 2.05) is 0 Å². The van der Waals surface area contributed by atoms with E-state index in [1.165, 1.54) is 12.1 Å². The highest BCUT2D eigenvalue weighted by Gasteiger charge is 2.15. The van der Waals surface area contributed by atoms with Gasteiger partial charge in [-0.25, -0.2) is 5.43 Å². The maximum Gasteiger partial charge on any atom is 0.287 e. The van der Waals surface area contributed by atoms with Crippen molar-refractivity contribution in [1.29, 1.82) is 0 Å². The topological polar surface area (TPSA) is 114 Å². The van der Waals surface area contributed by atoms with Crippen LogP contribution in [0, 0.1) is 10.1 Å². The SMILES string of the molecule is C/C(CC(=O)Nc1ccccc1Cl)=N\NC(=O)c1ccc([N+](=O)[O-])c(Cl)c1. The van der Waals surface area contributed by atoms with Gasteiger partial charge in [-0.05, 0) is 31.2 Å². The van der Waals surface area contributed by atoms with E-state index in [9.17, 15) is 19.7 Å². The lowest BCUT2D eigenvalue weighted by atomic mass is 10.2. The van der Waals surface area contributed by atoms with Gasteiger partial charge in [-0.15, -0.1) is 0 Å². The molecule has 0 aliphatic heterocycles. The van der Waals surface area contributed by atoms with Crippen LogP contribution < -0.4 is 10.7 Å². The number of nitro groups is 1. The summed E-state index contributed by atoms with van der Waals surface area (Å²) in [6, 6.07) is 10.3. The first kappa shape index (κ1) is 20.3. The minimum absolute atomic E-state index is 0.0630. The van der Waals surface area contributed by atoms with E-state index in [4.69, 9.17) is 23.2 Å². The Bertz CT molecular complexity index is 931. The molecule has 2 aromatic rings. The molecule has 10 heteroatoms. The summed E-state index contributed by atoms with van der Waals surface area (Å²) in [4.78, 5) is 34.1. The Labute approximate surface area is 164 Å². The van der Waals surface area contributed by atoms with Crippen molar-refractivity contribution in [3.8, 4) is 0 Å². The van der Waals surface area contributed by atoms with E-state index in [2.05, 4.69) is 15.8 Å². The predicted octanol–water partition coefficient (Wildman–Crippen LogP) is 4.04. The lowest BCUT2D eigenvalue weighted by Crippen LogP contribution is -2.21. The third-order valence-corrected chi connectivity index (χ3v) is 3.95. The second kappa shape index (κ2) is 9.11. The molecule has 2 N–H and O–H groups in total. The van der Waals surface area contributed by atoms with E-state index in [-0.39, 0.29) is 28.6 Å². The van der Waals surface area contributed by atoms with Crippen LogP contribution in [0.1, 0.15) is 23.7 Å². The Morgan fingerprint density at radius 1 is 1.15 bits per heavy atom. The van der Waals surface area contributed by atoms with Gasteiger partial charge < -0.3 is 5.32 Å². The maximum atomic E-state index is 12.0. The summed E-state index contributed by atoms with van der Waals surface area (Å²) in [6.45, 7) is 1.56. The number of hydrogen-bond acceptors (Lipinski definition) is 5. The van der Waals surface area contributed by atoms with Crippen molar-refractivity contribution >= 4 is 52.1 Å². The molecule has 2 amide bonds. The first-order valence-corrected chi connectivity index (χ1v) is 8.35. The number of benzene rings is 2. The predicted molar refractivity (Wildman–Crippen MR) is 103 cm³/mol. The molecule has 0 aliphatic carbocycles. The second-order valence-corrected chi connectivity index (χ2v) is 6.23. The van der Waals surface area contributed by atoms with E-state index in [0.717, 1.165) is 6.07 Å². The summed E-state index contributed by atoms with van der Waals surface area (Å²) in [5.74, 6) is -0.963. The van der Waals surface area contributed by atoms with Gasteiger partial charge in [0, 0.05) is 17.3 Å². The number of hydrogen-bond donors (Lipinski definition) is 2. The fourth-order valence-corrected chi connectivity index (χ4v) is 2.47. The Hall–Kier alpha value is -2.97. The average Bonchev–Trinajstić information content (AvgIpc) is 2.61. The number of anilines is 1. The van der Waals surface area contributed by atoms with E-state index in [0.29, 0.717) is 16.4 Å². The zero-order chi connectivity index (χ0) is 20.0. The van der Waals surface area contributed by atoms with Crippen LogP contribution in [0.4, 0.5) is 11.4 Å². The second-order valence-electron chi connectivity index (χ2n) is 5.42. The molecule has 0 saturated heterocycles. The van der Waals surface area contributed by atoms with Gasteiger partial charge in [-0.1, -0.05) is 35.3 Å². The molecule has 0 heterocycles. The Morgan fingerprint density at radius 3 is 2.48 bits per heavy atom. The van der Waals surface area contributed by atoms with E-state index >= 15 is 0 Å². The van der Waals surface area contributed by atoms with Gasteiger partial charge in [0.15, 0.2) is 0 Å². The van der Waals surface area contributed by atoms with Crippen molar-refractivity contribution in [2.45, 2.75) is 13.3 Å². The zero-order valence-electron chi connectivity index (χ0n) is 14.0. The van der Waals surface area contributed by atoms with Gasteiger partial charge in [0.25, 0.3) is 11.6 Å². The Morgan fingerprint density at radius 2 is 1.85 bits per heavy atom. The zero-order valence-corrected chi connectivity index (χ0v) is 15.5. The minimum Gasteiger partial charge on any atom is -0.324 e. The molecule has 8 nitrogen and oxygen atoms in total. The third-order valence-electron chi connectivity index (χ3n) is 3.32. The van der Waals surface area contributed by atoms with Crippen LogP contribution in [-0.2, 0) is 4.79 Å². The first-order valence-electron chi connectivity index (χ1n) is 7.59. The summed E-state index contributed by atoms with van der Waals surface area (Å²) in [5, 5.41) is 17.4. The van der Waals surface area contributed by atoms with E-state index < -0.39 is 10.8 Å². The van der Waals surface area contributed by atoms with Crippen LogP contribution in [-0.4, -0.2) is 22.4 Å². The lowest BCUT2D eigenvalue weighted by molar-refractivity contribution is -0.384. The number of para-hydroxylation sites is 1. The van der Waals surface area contributed by atoms with Crippen molar-refractivity contribution in [1.82, 2.24) is 5.43 Å². The molecular formula is C17H14Cl2N4O4. The fraction of sp³-hybridized carbons (Fsp3) is 0.118. The molecule has 0 saturated carbocycles. The van der Waals surface area contributed by atoms with Crippen molar-refractivity contribution in [3.05, 3.63) is 68.2 Å². The van der Waals surface area contributed by atoms with Crippen LogP contribution in [0.3, 0.4) is 0 Å². The Balaban J connectivity index is 1.95. The molecule has 2 aromatic carbocycles. The molecular weight excluding hydrogens is 395 g/mol. The number of nitrogens with one attached hydrogen (secondary N) is 2. The minimum atomic E-state index is -0.649. The number of amides is 2. The van der Waals surface area contributed by atoms with Crippen molar-refractivity contribution in [2.75, 3.05) is 5.32 Å². The molecule has 0 aromatic heterocycles. The monoisotopic (exact) mass is 408 g/mol. The summed E-state index contributed by atoms with van der Waals surface area (Å²) < 4.78 is 0. The highest BCUT2D eigenvalue weighted by atomic mass is 35.5. The van der Waals surface area contributed by atoms with Crippen molar-refractivity contribution < 1.29 is 14.5 Å². The summed E-state index contributed by atoms with van der Waals surface area (Å²) in [5.41, 5.74) is 2.89. The van der Waals surface area contributed by atoms with E-state index in [1.54, 1.807) is 31.2 Å². The van der Waals surface area contributed by atoms with Gasteiger partial charge in [0.05, 0.1) is 22.1 Å². The molecule has 0 bridgehead atoms. The summed E-state index contributed by atoms with van der Waals surface area (Å²) in [7, 11) is 0. The molecule has 0 spiro atoms. The standard InChI is InChI=1S/C17H14Cl2N4O4/c1-10(8-16(24)20-14-5-3-2-4-12(14)18)21-22-17(25)11-6-7-15(23(26)27)13(19)9-11/h2-7,9H,8H2,1H3,(H,20,24)(H,22,25)/b21-10+. The van der Waals surface area contributed by atoms with Gasteiger partial charge in [-0.2, -0.15) is 5.10 Å². The molecule has 0 fully saturated rings. The summed E-state index contributed by atoms with van der Waals surface area (Å²) >= 11 is 11.7. The van der Waals surface area contributed by atoms with Gasteiger partial charge in [-0.3, -0.25) is 19.7 Å². The smallest absolute Gasteiger partial charge is 0.287 e. The highest BCUT2D eigenvalue weighted by Crippen LogP contribution is 2.25. The van der Waals surface area contributed by atoms with Crippen molar-refractivity contribution in [2.24, 2.45) is 5.10 Å². The average molecular weight is 409 g/mol. The quantitative estimate of drug-likeness (QED) is 0.426. The molecule has 0 aliphatic rings. The fourth-order valence-electron chi connectivity index (χ4n) is 2.04. The van der Waals surface area contributed by atoms with Gasteiger partial charge in [0.2, 0.25) is 5.91 Å². The number of rotatable bonds is 6. The van der Waals surface area contributed by atoms with Crippen molar-refractivity contribution in [3.63, 3.8) is 0 Å². The number of nitro benzene ring substituents is 1. The molecule has 0 radical (unpaired) electrons. The molecule has 140 valence electrons. The lowest BCUT2D eigenvalue weighted by Gasteiger charge is -2.07. The Kier molecular flexibility index (Phi) is 6.86. The molecule has 0 atom stereocenters. The van der Waals surface area contributed by atoms with Gasteiger partial charge >= 0.3 is 0 Å².